The average Bonchev–Trinajstić information content (AvgIpc) is 2.29. The van der Waals surface area contributed by atoms with Crippen LogP contribution in [0.3, 0.4) is 0 Å². The van der Waals surface area contributed by atoms with Crippen LogP contribution in [0.25, 0.3) is 0 Å². The van der Waals surface area contributed by atoms with Crippen molar-refractivity contribution < 1.29 is 4.74 Å². The van der Waals surface area contributed by atoms with Gasteiger partial charge in [0.05, 0.1) is 12.7 Å². The van der Waals surface area contributed by atoms with Gasteiger partial charge in [0.2, 0.25) is 0 Å². The zero-order valence-corrected chi connectivity index (χ0v) is 11.7. The normalized spacial score (nSPS) is 21.6. The molecule has 3 nitrogen and oxygen atoms in total. The quantitative estimate of drug-likeness (QED) is 0.918. The lowest BCUT2D eigenvalue weighted by molar-refractivity contribution is -0.0182. The summed E-state index contributed by atoms with van der Waals surface area (Å²) >= 11 is 3.48. The van der Waals surface area contributed by atoms with E-state index in [0.29, 0.717) is 6.10 Å². The van der Waals surface area contributed by atoms with E-state index in [1.54, 1.807) is 0 Å². The van der Waals surface area contributed by atoms with Crippen LogP contribution in [-0.2, 0) is 11.3 Å². The lowest BCUT2D eigenvalue weighted by Gasteiger charge is -2.30. The molecule has 1 atom stereocenters. The van der Waals surface area contributed by atoms with Crippen LogP contribution >= 0.6 is 15.9 Å². The standard InChI is InChI=1S/C13H19BrN2O/c1-16-5-6-17-13(10-16)9-15-8-11-3-2-4-12(14)7-11/h2-4,7,13,15H,5-6,8-10H2,1H3. The van der Waals surface area contributed by atoms with Crippen molar-refractivity contribution in [1.82, 2.24) is 10.2 Å². The Morgan fingerprint density at radius 1 is 1.53 bits per heavy atom. The smallest absolute Gasteiger partial charge is 0.0826 e. The number of likely N-dealkylation sites (N-methyl/N-ethyl adjacent to an activating group) is 1. The zero-order chi connectivity index (χ0) is 12.1. The Morgan fingerprint density at radius 3 is 3.18 bits per heavy atom. The molecule has 4 heteroatoms. The summed E-state index contributed by atoms with van der Waals surface area (Å²) in [6.07, 6.45) is 0.320. The highest BCUT2D eigenvalue weighted by atomic mass is 79.9. The summed E-state index contributed by atoms with van der Waals surface area (Å²) in [7, 11) is 2.14. The van der Waals surface area contributed by atoms with Gasteiger partial charge in [-0.2, -0.15) is 0 Å². The van der Waals surface area contributed by atoms with E-state index in [9.17, 15) is 0 Å². The lowest BCUT2D eigenvalue weighted by atomic mass is 10.2. The van der Waals surface area contributed by atoms with Gasteiger partial charge in [0, 0.05) is 30.7 Å². The first-order valence-corrected chi connectivity index (χ1v) is 6.78. The van der Waals surface area contributed by atoms with Crippen LogP contribution in [-0.4, -0.2) is 44.3 Å². The Kier molecular flexibility index (Phi) is 4.98. The fourth-order valence-corrected chi connectivity index (χ4v) is 2.46. The van der Waals surface area contributed by atoms with Crippen LogP contribution in [0, 0.1) is 0 Å². The van der Waals surface area contributed by atoms with Gasteiger partial charge in [0.1, 0.15) is 0 Å². The topological polar surface area (TPSA) is 24.5 Å². The molecule has 0 aromatic heterocycles. The van der Waals surface area contributed by atoms with Crippen LogP contribution in [0.5, 0.6) is 0 Å². The largest absolute Gasteiger partial charge is 0.374 e. The van der Waals surface area contributed by atoms with Gasteiger partial charge in [0.15, 0.2) is 0 Å². The summed E-state index contributed by atoms with van der Waals surface area (Å²) in [6.45, 7) is 4.72. The molecule has 17 heavy (non-hydrogen) atoms. The molecule has 0 aliphatic carbocycles. The maximum atomic E-state index is 5.70. The molecular weight excluding hydrogens is 280 g/mol. The minimum Gasteiger partial charge on any atom is -0.374 e. The van der Waals surface area contributed by atoms with Crippen molar-refractivity contribution in [3.8, 4) is 0 Å². The summed E-state index contributed by atoms with van der Waals surface area (Å²) in [5.74, 6) is 0. The molecule has 0 bridgehead atoms. The molecule has 1 aromatic carbocycles. The molecule has 0 amide bonds. The van der Waals surface area contributed by atoms with E-state index >= 15 is 0 Å². The number of benzene rings is 1. The van der Waals surface area contributed by atoms with E-state index < -0.39 is 0 Å². The van der Waals surface area contributed by atoms with Crippen molar-refractivity contribution in [2.75, 3.05) is 33.3 Å². The maximum absolute atomic E-state index is 5.70. The molecule has 0 radical (unpaired) electrons. The number of rotatable bonds is 4. The number of ether oxygens (including phenoxy) is 1. The third kappa shape index (κ3) is 4.39. The van der Waals surface area contributed by atoms with Crippen molar-refractivity contribution in [3.05, 3.63) is 34.3 Å². The lowest BCUT2D eigenvalue weighted by Crippen LogP contribution is -2.44. The molecule has 1 aromatic rings. The van der Waals surface area contributed by atoms with E-state index in [1.165, 1.54) is 5.56 Å². The monoisotopic (exact) mass is 298 g/mol. The van der Waals surface area contributed by atoms with E-state index in [-0.39, 0.29) is 0 Å². The highest BCUT2D eigenvalue weighted by molar-refractivity contribution is 9.10. The Hall–Kier alpha value is -0.420. The second-order valence-corrected chi connectivity index (χ2v) is 5.43. The predicted octanol–water partition coefficient (Wildman–Crippen LogP) is 1.87. The number of nitrogens with zero attached hydrogens (tertiary/aromatic N) is 1. The number of hydrogen-bond donors (Lipinski definition) is 1. The van der Waals surface area contributed by atoms with Crippen molar-refractivity contribution in [2.24, 2.45) is 0 Å². The van der Waals surface area contributed by atoms with Gasteiger partial charge in [-0.1, -0.05) is 28.1 Å². The molecule has 1 aliphatic heterocycles. The summed E-state index contributed by atoms with van der Waals surface area (Å²) < 4.78 is 6.83. The van der Waals surface area contributed by atoms with E-state index in [4.69, 9.17) is 4.74 Å². The summed E-state index contributed by atoms with van der Waals surface area (Å²) in [4.78, 5) is 2.31. The van der Waals surface area contributed by atoms with Crippen molar-refractivity contribution in [2.45, 2.75) is 12.6 Å². The van der Waals surface area contributed by atoms with E-state index in [1.807, 2.05) is 6.07 Å². The fourth-order valence-electron chi connectivity index (χ4n) is 2.01. The molecule has 1 heterocycles. The molecular formula is C13H19BrN2O. The Morgan fingerprint density at radius 2 is 2.41 bits per heavy atom. The first-order chi connectivity index (χ1) is 8.24. The van der Waals surface area contributed by atoms with E-state index in [2.05, 4.69) is 51.4 Å². The molecule has 1 N–H and O–H groups in total. The Balaban J connectivity index is 1.72. The SMILES string of the molecule is CN1CCOC(CNCc2cccc(Br)c2)C1. The predicted molar refractivity (Wildman–Crippen MR) is 73.1 cm³/mol. The number of morpholine rings is 1. The van der Waals surface area contributed by atoms with Gasteiger partial charge in [-0.05, 0) is 24.7 Å². The van der Waals surface area contributed by atoms with Crippen LogP contribution in [0.1, 0.15) is 5.56 Å². The average molecular weight is 299 g/mol. The van der Waals surface area contributed by atoms with Crippen molar-refractivity contribution in [1.29, 1.82) is 0 Å². The summed E-state index contributed by atoms with van der Waals surface area (Å²) in [5, 5.41) is 3.45. The third-order valence-electron chi connectivity index (χ3n) is 2.93. The minimum atomic E-state index is 0.320. The number of nitrogens with one attached hydrogen (secondary N) is 1. The van der Waals surface area contributed by atoms with Gasteiger partial charge in [-0.25, -0.2) is 0 Å². The van der Waals surface area contributed by atoms with Crippen LogP contribution < -0.4 is 5.32 Å². The maximum Gasteiger partial charge on any atom is 0.0826 e. The summed E-state index contributed by atoms with van der Waals surface area (Å²) in [5.41, 5.74) is 1.29. The van der Waals surface area contributed by atoms with Gasteiger partial charge in [0.25, 0.3) is 0 Å². The molecule has 1 saturated heterocycles. The zero-order valence-electron chi connectivity index (χ0n) is 10.2. The molecule has 1 unspecified atom stereocenters. The highest BCUT2D eigenvalue weighted by Gasteiger charge is 2.16. The summed E-state index contributed by atoms with van der Waals surface area (Å²) in [6, 6.07) is 8.38. The molecule has 2 rings (SSSR count). The molecule has 1 aliphatic rings. The second kappa shape index (κ2) is 6.50. The van der Waals surface area contributed by atoms with Gasteiger partial charge in [-0.3, -0.25) is 0 Å². The highest BCUT2D eigenvalue weighted by Crippen LogP contribution is 2.11. The number of halogens is 1. The third-order valence-corrected chi connectivity index (χ3v) is 3.43. The van der Waals surface area contributed by atoms with Gasteiger partial charge in [-0.15, -0.1) is 0 Å². The molecule has 0 spiro atoms. The molecule has 94 valence electrons. The number of hydrogen-bond acceptors (Lipinski definition) is 3. The van der Waals surface area contributed by atoms with Crippen molar-refractivity contribution in [3.63, 3.8) is 0 Å². The second-order valence-electron chi connectivity index (χ2n) is 4.52. The molecule has 0 saturated carbocycles. The Labute approximate surface area is 111 Å². The van der Waals surface area contributed by atoms with Crippen LogP contribution in [0.2, 0.25) is 0 Å². The fraction of sp³-hybridized carbons (Fsp3) is 0.538. The van der Waals surface area contributed by atoms with E-state index in [0.717, 1.165) is 37.3 Å². The Bertz CT molecular complexity index is 359. The minimum absolute atomic E-state index is 0.320. The van der Waals surface area contributed by atoms with Crippen molar-refractivity contribution >= 4 is 15.9 Å². The van der Waals surface area contributed by atoms with Gasteiger partial charge < -0.3 is 15.0 Å². The first kappa shape index (κ1) is 13.0. The molecule has 1 fully saturated rings. The van der Waals surface area contributed by atoms with Crippen LogP contribution in [0.15, 0.2) is 28.7 Å². The first-order valence-electron chi connectivity index (χ1n) is 5.99. The van der Waals surface area contributed by atoms with Crippen LogP contribution in [0.4, 0.5) is 0 Å². The van der Waals surface area contributed by atoms with Gasteiger partial charge >= 0.3 is 0 Å².